The van der Waals surface area contributed by atoms with Crippen molar-refractivity contribution < 1.29 is 9.53 Å². The summed E-state index contributed by atoms with van der Waals surface area (Å²) in [5.74, 6) is 0.00792. The Bertz CT molecular complexity index is 1060. The Morgan fingerprint density at radius 2 is 1.83 bits per heavy atom. The van der Waals surface area contributed by atoms with E-state index in [0.29, 0.717) is 12.2 Å². The van der Waals surface area contributed by atoms with Crippen LogP contribution in [0.4, 0.5) is 0 Å². The van der Waals surface area contributed by atoms with Crippen molar-refractivity contribution in [3.05, 3.63) is 87.7 Å². The number of aromatic nitrogens is 2. The standard InChI is InChI=1S/C24H27N3O3/c1-17-11-12-21(16-18(17)2)27-23(28)14-13-22(26-27)30-19(3)24(29)25-15-7-10-20-8-5-4-6-9-20/h4-6,8-9,11-14,16,19H,7,10,15H2,1-3H3,(H,25,29)/t19-/m0/s1. The Labute approximate surface area is 176 Å². The molecule has 156 valence electrons. The van der Waals surface area contributed by atoms with Crippen molar-refractivity contribution in [2.75, 3.05) is 6.54 Å². The summed E-state index contributed by atoms with van der Waals surface area (Å²) in [7, 11) is 0. The zero-order valence-electron chi connectivity index (χ0n) is 17.6. The molecule has 0 fully saturated rings. The predicted molar refractivity (Wildman–Crippen MR) is 117 cm³/mol. The average molecular weight is 405 g/mol. The van der Waals surface area contributed by atoms with E-state index in [1.165, 1.54) is 22.4 Å². The number of rotatable bonds is 8. The Morgan fingerprint density at radius 3 is 2.57 bits per heavy atom. The monoisotopic (exact) mass is 405 g/mol. The molecule has 0 saturated carbocycles. The summed E-state index contributed by atoms with van der Waals surface area (Å²) in [6, 6.07) is 18.7. The lowest BCUT2D eigenvalue weighted by molar-refractivity contribution is -0.127. The highest BCUT2D eigenvalue weighted by Gasteiger charge is 2.15. The molecule has 6 heteroatoms. The molecule has 1 N–H and O–H groups in total. The van der Waals surface area contributed by atoms with Crippen LogP contribution in [0.5, 0.6) is 5.88 Å². The number of nitrogens with one attached hydrogen (secondary N) is 1. The summed E-state index contributed by atoms with van der Waals surface area (Å²) >= 11 is 0. The van der Waals surface area contributed by atoms with Crippen LogP contribution in [0.1, 0.15) is 30.0 Å². The first-order chi connectivity index (χ1) is 14.4. The Balaban J connectivity index is 1.58. The third kappa shape index (κ3) is 5.56. The summed E-state index contributed by atoms with van der Waals surface area (Å²) in [6.45, 7) is 6.22. The minimum absolute atomic E-state index is 0.214. The number of benzene rings is 2. The quantitative estimate of drug-likeness (QED) is 0.583. The first-order valence-corrected chi connectivity index (χ1v) is 10.1. The molecule has 3 aromatic rings. The molecule has 30 heavy (non-hydrogen) atoms. The molecular weight excluding hydrogens is 378 g/mol. The maximum absolute atomic E-state index is 12.3. The lowest BCUT2D eigenvalue weighted by atomic mass is 10.1. The van der Waals surface area contributed by atoms with Crippen LogP contribution in [0, 0.1) is 13.8 Å². The van der Waals surface area contributed by atoms with Gasteiger partial charge in [-0.1, -0.05) is 36.4 Å². The van der Waals surface area contributed by atoms with Gasteiger partial charge in [0.05, 0.1) is 5.69 Å². The van der Waals surface area contributed by atoms with Gasteiger partial charge < -0.3 is 10.1 Å². The molecule has 0 aliphatic rings. The van der Waals surface area contributed by atoms with E-state index in [9.17, 15) is 9.59 Å². The Morgan fingerprint density at radius 1 is 1.07 bits per heavy atom. The SMILES string of the molecule is Cc1ccc(-n2nc(O[C@@H](C)C(=O)NCCCc3ccccc3)ccc2=O)cc1C. The molecule has 0 radical (unpaired) electrons. The number of carbonyl (C=O) groups is 1. The minimum Gasteiger partial charge on any atom is -0.464 e. The highest BCUT2D eigenvalue weighted by Crippen LogP contribution is 2.14. The topological polar surface area (TPSA) is 73.2 Å². The molecule has 1 atom stereocenters. The predicted octanol–water partition coefficient (Wildman–Crippen LogP) is 3.37. The van der Waals surface area contributed by atoms with Crippen molar-refractivity contribution in [1.82, 2.24) is 15.1 Å². The van der Waals surface area contributed by atoms with Gasteiger partial charge in [-0.2, -0.15) is 4.68 Å². The molecule has 0 saturated heterocycles. The van der Waals surface area contributed by atoms with E-state index in [-0.39, 0.29) is 17.3 Å². The summed E-state index contributed by atoms with van der Waals surface area (Å²) in [5, 5.41) is 7.16. The fourth-order valence-electron chi connectivity index (χ4n) is 3.03. The molecule has 2 aromatic carbocycles. The number of carbonyl (C=O) groups excluding carboxylic acids is 1. The fourth-order valence-corrected chi connectivity index (χ4v) is 3.03. The van der Waals surface area contributed by atoms with Crippen LogP contribution in [0.25, 0.3) is 5.69 Å². The second-order valence-electron chi connectivity index (χ2n) is 7.33. The van der Waals surface area contributed by atoms with Crippen molar-refractivity contribution in [2.45, 2.75) is 39.7 Å². The molecule has 6 nitrogen and oxygen atoms in total. The second kappa shape index (κ2) is 9.87. The number of amides is 1. The second-order valence-corrected chi connectivity index (χ2v) is 7.33. The van der Waals surface area contributed by atoms with Gasteiger partial charge in [0, 0.05) is 18.7 Å². The number of hydrogen-bond donors (Lipinski definition) is 1. The van der Waals surface area contributed by atoms with Gasteiger partial charge in [-0.3, -0.25) is 9.59 Å². The van der Waals surface area contributed by atoms with Gasteiger partial charge in [0.25, 0.3) is 11.5 Å². The Hall–Kier alpha value is -3.41. The number of hydrogen-bond acceptors (Lipinski definition) is 4. The van der Waals surface area contributed by atoms with Crippen LogP contribution in [0.2, 0.25) is 0 Å². The molecule has 0 aliphatic carbocycles. The lowest BCUT2D eigenvalue weighted by Crippen LogP contribution is -2.37. The Kier molecular flexibility index (Phi) is 7.01. The first kappa shape index (κ1) is 21.3. The number of ether oxygens (including phenoxy) is 1. The maximum atomic E-state index is 12.3. The van der Waals surface area contributed by atoms with Crippen molar-refractivity contribution in [2.24, 2.45) is 0 Å². The highest BCUT2D eigenvalue weighted by atomic mass is 16.5. The summed E-state index contributed by atoms with van der Waals surface area (Å²) < 4.78 is 6.96. The third-order valence-electron chi connectivity index (χ3n) is 4.96. The molecule has 0 unspecified atom stereocenters. The van der Waals surface area contributed by atoms with Gasteiger partial charge in [0.1, 0.15) is 0 Å². The zero-order chi connectivity index (χ0) is 21.5. The highest BCUT2D eigenvalue weighted by molar-refractivity contribution is 5.80. The van der Waals surface area contributed by atoms with Crippen LogP contribution in [0.3, 0.4) is 0 Å². The fraction of sp³-hybridized carbons (Fsp3) is 0.292. The van der Waals surface area contributed by atoms with Gasteiger partial charge in [-0.25, -0.2) is 0 Å². The van der Waals surface area contributed by atoms with Crippen molar-refractivity contribution >= 4 is 5.91 Å². The summed E-state index contributed by atoms with van der Waals surface area (Å²) in [5.41, 5.74) is 3.84. The molecule has 1 heterocycles. The van der Waals surface area contributed by atoms with Gasteiger partial charge in [0.2, 0.25) is 5.88 Å². The van der Waals surface area contributed by atoms with Crippen molar-refractivity contribution in [3.63, 3.8) is 0 Å². The molecule has 3 rings (SSSR count). The van der Waals surface area contributed by atoms with E-state index in [1.54, 1.807) is 6.92 Å². The summed E-state index contributed by atoms with van der Waals surface area (Å²) in [6.07, 6.45) is 1.02. The van der Waals surface area contributed by atoms with Gasteiger partial charge in [0.15, 0.2) is 6.10 Å². The third-order valence-corrected chi connectivity index (χ3v) is 4.96. The van der Waals surface area contributed by atoms with E-state index < -0.39 is 6.10 Å². The van der Waals surface area contributed by atoms with Crippen molar-refractivity contribution in [3.8, 4) is 11.6 Å². The van der Waals surface area contributed by atoms with E-state index in [2.05, 4.69) is 22.5 Å². The zero-order valence-corrected chi connectivity index (χ0v) is 17.6. The van der Waals surface area contributed by atoms with Gasteiger partial charge in [-0.05, 0) is 62.4 Å². The molecule has 1 aromatic heterocycles. The van der Waals surface area contributed by atoms with Gasteiger partial charge in [-0.15, -0.1) is 5.10 Å². The number of aryl methyl sites for hydroxylation is 3. The van der Waals surface area contributed by atoms with Crippen LogP contribution < -0.4 is 15.6 Å². The van der Waals surface area contributed by atoms with E-state index >= 15 is 0 Å². The van der Waals surface area contributed by atoms with Crippen LogP contribution in [0.15, 0.2) is 65.5 Å². The number of nitrogens with zero attached hydrogens (tertiary/aromatic N) is 2. The molecular formula is C24H27N3O3. The molecule has 0 bridgehead atoms. The van der Waals surface area contributed by atoms with Crippen LogP contribution in [-0.4, -0.2) is 28.3 Å². The largest absolute Gasteiger partial charge is 0.464 e. The maximum Gasteiger partial charge on any atom is 0.271 e. The average Bonchev–Trinajstić information content (AvgIpc) is 2.75. The van der Waals surface area contributed by atoms with Crippen LogP contribution in [-0.2, 0) is 11.2 Å². The van der Waals surface area contributed by atoms with E-state index in [4.69, 9.17) is 4.74 Å². The normalized spacial score (nSPS) is 11.7. The smallest absolute Gasteiger partial charge is 0.271 e. The van der Waals surface area contributed by atoms with E-state index in [1.807, 2.05) is 50.2 Å². The minimum atomic E-state index is -0.722. The molecule has 0 aliphatic heterocycles. The summed E-state index contributed by atoms with van der Waals surface area (Å²) in [4.78, 5) is 24.6. The first-order valence-electron chi connectivity index (χ1n) is 10.1. The molecule has 1 amide bonds. The van der Waals surface area contributed by atoms with Crippen LogP contribution >= 0.6 is 0 Å². The lowest BCUT2D eigenvalue weighted by Gasteiger charge is -2.15. The van der Waals surface area contributed by atoms with Crippen molar-refractivity contribution in [1.29, 1.82) is 0 Å². The van der Waals surface area contributed by atoms with Gasteiger partial charge >= 0.3 is 0 Å². The molecule has 0 spiro atoms. The van der Waals surface area contributed by atoms with E-state index in [0.717, 1.165) is 24.0 Å².